The number of aryl methyl sites for hydroxylation is 1. The topological polar surface area (TPSA) is 55.9 Å². The molecule has 0 amide bonds. The van der Waals surface area contributed by atoms with Gasteiger partial charge in [0.1, 0.15) is 5.82 Å². The van der Waals surface area contributed by atoms with E-state index in [4.69, 9.17) is 5.73 Å². The minimum Gasteiger partial charge on any atom is -0.338 e. The summed E-state index contributed by atoms with van der Waals surface area (Å²) in [6, 6.07) is 0.214. The van der Waals surface area contributed by atoms with Crippen molar-refractivity contribution in [2.75, 3.05) is 13.1 Å². The average molecular weight is 166 g/mol. The number of nitrogens with zero attached hydrogens (tertiary/aromatic N) is 2. The number of hydrogen-bond donors (Lipinski definition) is 2. The summed E-state index contributed by atoms with van der Waals surface area (Å²) >= 11 is 0. The number of aromatic nitrogens is 2. The Labute approximate surface area is 71.8 Å². The van der Waals surface area contributed by atoms with Crippen LogP contribution in [0.5, 0.6) is 0 Å². The SMILES string of the molecule is Cn1ccnc1C1CNCC1N. The van der Waals surface area contributed by atoms with E-state index in [1.54, 1.807) is 0 Å². The molecule has 3 N–H and O–H groups in total. The molecule has 2 heterocycles. The van der Waals surface area contributed by atoms with Gasteiger partial charge in [0.05, 0.1) is 0 Å². The van der Waals surface area contributed by atoms with E-state index in [1.165, 1.54) is 0 Å². The van der Waals surface area contributed by atoms with Crippen LogP contribution < -0.4 is 11.1 Å². The van der Waals surface area contributed by atoms with Gasteiger partial charge in [-0.1, -0.05) is 0 Å². The smallest absolute Gasteiger partial charge is 0.114 e. The van der Waals surface area contributed by atoms with Crippen molar-refractivity contribution in [3.05, 3.63) is 18.2 Å². The summed E-state index contributed by atoms with van der Waals surface area (Å²) in [6.07, 6.45) is 3.78. The molecule has 1 aliphatic heterocycles. The Kier molecular flexibility index (Phi) is 1.86. The van der Waals surface area contributed by atoms with Crippen LogP contribution in [-0.4, -0.2) is 28.7 Å². The number of nitrogens with one attached hydrogen (secondary N) is 1. The molecule has 1 aromatic rings. The van der Waals surface area contributed by atoms with E-state index in [-0.39, 0.29) is 6.04 Å². The van der Waals surface area contributed by atoms with Crippen LogP contribution in [0, 0.1) is 0 Å². The van der Waals surface area contributed by atoms with Gasteiger partial charge in [-0.15, -0.1) is 0 Å². The molecule has 1 aromatic heterocycles. The molecule has 1 fully saturated rings. The second-order valence-electron chi connectivity index (χ2n) is 3.32. The van der Waals surface area contributed by atoms with Crippen LogP contribution in [0.25, 0.3) is 0 Å². The molecule has 0 aliphatic carbocycles. The van der Waals surface area contributed by atoms with E-state index in [9.17, 15) is 0 Å². The summed E-state index contributed by atoms with van der Waals surface area (Å²) in [7, 11) is 2.01. The molecule has 4 heteroatoms. The Morgan fingerprint density at radius 1 is 1.67 bits per heavy atom. The first kappa shape index (κ1) is 7.76. The lowest BCUT2D eigenvalue weighted by Crippen LogP contribution is -2.29. The molecule has 1 aliphatic rings. The predicted molar refractivity (Wildman–Crippen MR) is 46.8 cm³/mol. The molecule has 0 radical (unpaired) electrons. The molecule has 66 valence electrons. The lowest BCUT2D eigenvalue weighted by atomic mass is 10.0. The molecule has 0 aromatic carbocycles. The highest BCUT2D eigenvalue weighted by atomic mass is 15.1. The van der Waals surface area contributed by atoms with Crippen molar-refractivity contribution in [3.8, 4) is 0 Å². The zero-order chi connectivity index (χ0) is 8.55. The highest BCUT2D eigenvalue weighted by Gasteiger charge is 2.27. The maximum atomic E-state index is 5.92. The first-order valence-corrected chi connectivity index (χ1v) is 4.22. The minimum absolute atomic E-state index is 0.214. The molecule has 4 nitrogen and oxygen atoms in total. The summed E-state index contributed by atoms with van der Waals surface area (Å²) in [5, 5.41) is 3.26. The van der Waals surface area contributed by atoms with Gasteiger partial charge in [-0.05, 0) is 0 Å². The van der Waals surface area contributed by atoms with E-state index >= 15 is 0 Å². The monoisotopic (exact) mass is 166 g/mol. The van der Waals surface area contributed by atoms with E-state index in [0.717, 1.165) is 18.9 Å². The van der Waals surface area contributed by atoms with Crippen molar-refractivity contribution in [2.45, 2.75) is 12.0 Å². The molecule has 2 unspecified atom stereocenters. The zero-order valence-corrected chi connectivity index (χ0v) is 7.20. The first-order valence-electron chi connectivity index (χ1n) is 4.22. The Morgan fingerprint density at radius 2 is 2.50 bits per heavy atom. The Bertz CT molecular complexity index is 268. The van der Waals surface area contributed by atoms with Crippen molar-refractivity contribution in [2.24, 2.45) is 12.8 Å². The van der Waals surface area contributed by atoms with Crippen LogP contribution in [0.1, 0.15) is 11.7 Å². The molecule has 2 rings (SSSR count). The fraction of sp³-hybridized carbons (Fsp3) is 0.625. The van der Waals surface area contributed by atoms with Gasteiger partial charge in [-0.2, -0.15) is 0 Å². The number of imidazole rings is 1. The van der Waals surface area contributed by atoms with E-state index < -0.39 is 0 Å². The van der Waals surface area contributed by atoms with Crippen molar-refractivity contribution in [1.29, 1.82) is 0 Å². The van der Waals surface area contributed by atoms with Gasteiger partial charge >= 0.3 is 0 Å². The molecule has 0 spiro atoms. The summed E-state index contributed by atoms with van der Waals surface area (Å²) in [5.74, 6) is 1.47. The molecular weight excluding hydrogens is 152 g/mol. The van der Waals surface area contributed by atoms with Gasteiger partial charge in [0.2, 0.25) is 0 Å². The zero-order valence-electron chi connectivity index (χ0n) is 7.20. The number of rotatable bonds is 1. The van der Waals surface area contributed by atoms with Crippen LogP contribution in [-0.2, 0) is 7.05 Å². The predicted octanol–water partition coefficient (Wildman–Crippen LogP) is -0.566. The fourth-order valence-electron chi connectivity index (χ4n) is 1.72. The standard InChI is InChI=1S/C8H14N4/c1-12-3-2-11-8(12)6-4-10-5-7(6)9/h2-3,6-7,10H,4-5,9H2,1H3. The maximum absolute atomic E-state index is 5.92. The maximum Gasteiger partial charge on any atom is 0.114 e. The molecule has 0 saturated carbocycles. The van der Waals surface area contributed by atoms with E-state index in [0.29, 0.717) is 5.92 Å². The lowest BCUT2D eigenvalue weighted by molar-refractivity contribution is 0.593. The third kappa shape index (κ3) is 1.13. The first-order chi connectivity index (χ1) is 5.79. The van der Waals surface area contributed by atoms with Crippen LogP contribution in [0.3, 0.4) is 0 Å². The number of nitrogens with two attached hydrogens (primary N) is 1. The van der Waals surface area contributed by atoms with E-state index in [1.807, 2.05) is 24.0 Å². The largest absolute Gasteiger partial charge is 0.338 e. The van der Waals surface area contributed by atoms with Gasteiger partial charge in [0.25, 0.3) is 0 Å². The van der Waals surface area contributed by atoms with Crippen LogP contribution in [0.4, 0.5) is 0 Å². The second-order valence-corrected chi connectivity index (χ2v) is 3.32. The summed E-state index contributed by atoms with van der Waals surface area (Å²) in [5.41, 5.74) is 5.92. The van der Waals surface area contributed by atoms with Gasteiger partial charge in [-0.3, -0.25) is 0 Å². The third-order valence-electron chi connectivity index (χ3n) is 2.45. The normalized spacial score (nSPS) is 29.5. The summed E-state index contributed by atoms with van der Waals surface area (Å²) < 4.78 is 2.04. The molecule has 1 saturated heterocycles. The second kappa shape index (κ2) is 2.88. The Balaban J connectivity index is 2.24. The van der Waals surface area contributed by atoms with Crippen LogP contribution in [0.15, 0.2) is 12.4 Å². The van der Waals surface area contributed by atoms with Crippen molar-refractivity contribution >= 4 is 0 Å². The van der Waals surface area contributed by atoms with Gasteiger partial charge in [-0.25, -0.2) is 4.98 Å². The van der Waals surface area contributed by atoms with Crippen molar-refractivity contribution in [3.63, 3.8) is 0 Å². The minimum atomic E-state index is 0.214. The van der Waals surface area contributed by atoms with E-state index in [2.05, 4.69) is 10.3 Å². The molecule has 2 atom stereocenters. The average Bonchev–Trinajstić information content (AvgIpc) is 2.59. The Hall–Kier alpha value is -0.870. The van der Waals surface area contributed by atoms with Crippen molar-refractivity contribution < 1.29 is 0 Å². The van der Waals surface area contributed by atoms with Gasteiger partial charge in [0.15, 0.2) is 0 Å². The van der Waals surface area contributed by atoms with Gasteiger partial charge < -0.3 is 15.6 Å². The lowest BCUT2D eigenvalue weighted by Gasteiger charge is -2.13. The highest BCUT2D eigenvalue weighted by molar-refractivity contribution is 5.08. The third-order valence-corrected chi connectivity index (χ3v) is 2.45. The fourth-order valence-corrected chi connectivity index (χ4v) is 1.72. The number of hydrogen-bond acceptors (Lipinski definition) is 3. The highest BCUT2D eigenvalue weighted by Crippen LogP contribution is 2.18. The summed E-state index contributed by atoms with van der Waals surface area (Å²) in [6.45, 7) is 1.85. The van der Waals surface area contributed by atoms with Crippen LogP contribution >= 0.6 is 0 Å². The quantitative estimate of drug-likeness (QED) is 0.587. The molecule has 12 heavy (non-hydrogen) atoms. The Morgan fingerprint density at radius 3 is 3.00 bits per heavy atom. The van der Waals surface area contributed by atoms with Crippen LogP contribution in [0.2, 0.25) is 0 Å². The molecule has 0 bridgehead atoms. The van der Waals surface area contributed by atoms with Crippen molar-refractivity contribution in [1.82, 2.24) is 14.9 Å². The summed E-state index contributed by atoms with van der Waals surface area (Å²) in [4.78, 5) is 4.29. The van der Waals surface area contributed by atoms with Gasteiger partial charge in [0, 0.05) is 44.5 Å². The molecular formula is C8H14N4.